The highest BCUT2D eigenvalue weighted by atomic mass is 16.5. The van der Waals surface area contributed by atoms with E-state index in [1.165, 1.54) is 32.4 Å². The number of pyridine rings is 1. The molecule has 7 heteroatoms. The molecule has 2 aromatic heterocycles. The summed E-state index contributed by atoms with van der Waals surface area (Å²) in [7, 11) is 3.79. The molecule has 0 saturated carbocycles. The number of rotatable bonds is 3. The summed E-state index contributed by atoms with van der Waals surface area (Å²) in [5.74, 6) is 0.401. The average Bonchev–Trinajstić information content (AvgIpc) is 3.19. The second kappa shape index (κ2) is 9.95. The second-order valence-electron chi connectivity index (χ2n) is 7.08. The number of hydrogen-bond acceptors (Lipinski definition) is 5. The molecule has 0 aliphatic carbocycles. The largest absolute Gasteiger partial charge is 0.306 e. The highest BCUT2D eigenvalue weighted by Crippen LogP contribution is 2.19. The second-order valence-corrected chi connectivity index (χ2v) is 7.08. The van der Waals surface area contributed by atoms with Gasteiger partial charge in [0, 0.05) is 41.6 Å². The van der Waals surface area contributed by atoms with Crippen LogP contribution in [0.5, 0.6) is 0 Å². The number of likely N-dealkylation sites (tertiary alicyclic amines) is 1. The van der Waals surface area contributed by atoms with Crippen molar-refractivity contribution in [1.29, 1.82) is 0 Å². The van der Waals surface area contributed by atoms with Gasteiger partial charge in [0.1, 0.15) is 5.65 Å². The van der Waals surface area contributed by atoms with E-state index in [1.807, 2.05) is 41.1 Å². The molecule has 1 aromatic carbocycles. The van der Waals surface area contributed by atoms with Gasteiger partial charge in [-0.25, -0.2) is 4.98 Å². The monoisotopic (exact) mass is 393 g/mol. The van der Waals surface area contributed by atoms with Crippen LogP contribution >= 0.6 is 0 Å². The highest BCUT2D eigenvalue weighted by Gasteiger charge is 2.07. The molecule has 152 valence electrons. The van der Waals surface area contributed by atoms with E-state index in [-0.39, 0.29) is 0 Å². The van der Waals surface area contributed by atoms with Crippen molar-refractivity contribution in [2.45, 2.75) is 19.3 Å². The first-order chi connectivity index (χ1) is 14.2. The standard InChI is InChI=1S/C16H14N4O2.C6H13N/c1-17-15(19-22)12-2-4-14(5-3-12)20-7-6-13-8-11(10-21)9-18-16(13)20;1-7-5-3-2-4-6-7/h2-10,22H,1H3,(H,17,19);2-6H2,1H3. The molecule has 0 unspecified atom stereocenters. The van der Waals surface area contributed by atoms with E-state index in [0.717, 1.165) is 28.6 Å². The minimum absolute atomic E-state index is 0.401. The zero-order valence-electron chi connectivity index (χ0n) is 16.9. The number of aromatic nitrogens is 2. The lowest BCUT2D eigenvalue weighted by Gasteiger charge is -2.20. The molecule has 2 N–H and O–H groups in total. The zero-order chi connectivity index (χ0) is 20.6. The number of carbonyl (C=O) groups excluding carboxylic acids is 1. The number of nitrogens with one attached hydrogen (secondary N) is 1. The van der Waals surface area contributed by atoms with Gasteiger partial charge in [-0.15, -0.1) is 0 Å². The Balaban J connectivity index is 0.000000290. The predicted octanol–water partition coefficient (Wildman–Crippen LogP) is 3.30. The lowest BCUT2D eigenvalue weighted by molar-refractivity contribution is 0.112. The number of amidine groups is 1. The van der Waals surface area contributed by atoms with E-state index in [2.05, 4.69) is 27.4 Å². The number of aliphatic imine (C=N–C) groups is 1. The lowest BCUT2D eigenvalue weighted by Crippen LogP contribution is -2.24. The van der Waals surface area contributed by atoms with Crippen molar-refractivity contribution in [3.63, 3.8) is 0 Å². The van der Waals surface area contributed by atoms with Crippen molar-refractivity contribution in [3.05, 3.63) is 59.9 Å². The molecule has 3 heterocycles. The van der Waals surface area contributed by atoms with Crippen LogP contribution in [0, 0.1) is 0 Å². The minimum Gasteiger partial charge on any atom is -0.306 e. The van der Waals surface area contributed by atoms with Crippen LogP contribution in [-0.2, 0) is 0 Å². The van der Waals surface area contributed by atoms with Gasteiger partial charge in [0.05, 0.1) is 0 Å². The summed E-state index contributed by atoms with van der Waals surface area (Å²) in [4.78, 5) is 21.5. The van der Waals surface area contributed by atoms with Gasteiger partial charge >= 0.3 is 0 Å². The number of aldehydes is 1. The Hall–Kier alpha value is -3.03. The van der Waals surface area contributed by atoms with E-state index < -0.39 is 0 Å². The molecule has 1 aliphatic rings. The molecule has 7 nitrogen and oxygen atoms in total. The van der Waals surface area contributed by atoms with Crippen molar-refractivity contribution in [3.8, 4) is 5.69 Å². The maximum atomic E-state index is 10.8. The van der Waals surface area contributed by atoms with Crippen molar-refractivity contribution < 1.29 is 10.0 Å². The van der Waals surface area contributed by atoms with Crippen LogP contribution in [0.1, 0.15) is 35.2 Å². The van der Waals surface area contributed by atoms with Crippen molar-refractivity contribution in [2.75, 3.05) is 27.2 Å². The third-order valence-corrected chi connectivity index (χ3v) is 5.01. The summed E-state index contributed by atoms with van der Waals surface area (Å²) >= 11 is 0. The molecule has 0 atom stereocenters. The fourth-order valence-corrected chi connectivity index (χ4v) is 3.39. The van der Waals surface area contributed by atoms with Gasteiger partial charge in [0.15, 0.2) is 12.1 Å². The molecule has 0 radical (unpaired) electrons. The van der Waals surface area contributed by atoms with Gasteiger partial charge in [0.2, 0.25) is 0 Å². The Bertz CT molecular complexity index is 973. The van der Waals surface area contributed by atoms with Crippen molar-refractivity contribution in [1.82, 2.24) is 19.9 Å². The first-order valence-electron chi connectivity index (χ1n) is 9.75. The topological polar surface area (TPSA) is 82.8 Å². The molecule has 3 aromatic rings. The third-order valence-electron chi connectivity index (χ3n) is 5.01. The van der Waals surface area contributed by atoms with Gasteiger partial charge in [-0.2, -0.15) is 0 Å². The number of nitrogens with zero attached hydrogens (tertiary/aromatic N) is 4. The molecule has 1 fully saturated rings. The number of piperidine rings is 1. The average molecular weight is 393 g/mol. The SMILES string of the molecule is CN1CCCCC1.CN=C(NO)c1ccc(-n2ccc3cc(C=O)cnc32)cc1. The molecule has 0 amide bonds. The number of carbonyl (C=O) groups is 1. The van der Waals surface area contributed by atoms with Crippen LogP contribution in [0.15, 0.2) is 53.8 Å². The molecule has 29 heavy (non-hydrogen) atoms. The molecular formula is C22H27N5O2. The quantitative estimate of drug-likeness (QED) is 0.309. The van der Waals surface area contributed by atoms with Gasteiger partial charge in [-0.3, -0.25) is 20.5 Å². The van der Waals surface area contributed by atoms with Gasteiger partial charge in [-0.1, -0.05) is 6.42 Å². The molecule has 0 spiro atoms. The van der Waals surface area contributed by atoms with Crippen LogP contribution in [0.3, 0.4) is 0 Å². The lowest BCUT2D eigenvalue weighted by atomic mass is 10.1. The Morgan fingerprint density at radius 1 is 1.17 bits per heavy atom. The summed E-state index contributed by atoms with van der Waals surface area (Å²) < 4.78 is 1.93. The number of fused-ring (bicyclic) bond motifs is 1. The van der Waals surface area contributed by atoms with E-state index in [0.29, 0.717) is 11.4 Å². The summed E-state index contributed by atoms with van der Waals surface area (Å²) in [5, 5.41) is 9.90. The fraction of sp³-hybridized carbons (Fsp3) is 0.318. The Kier molecular flexibility index (Phi) is 7.10. The van der Waals surface area contributed by atoms with Crippen molar-refractivity contribution >= 4 is 23.2 Å². The summed E-state index contributed by atoms with van der Waals surface area (Å²) in [6, 6.07) is 11.2. The Morgan fingerprint density at radius 2 is 1.90 bits per heavy atom. The molecular weight excluding hydrogens is 366 g/mol. The molecule has 0 bridgehead atoms. The summed E-state index contributed by atoms with van der Waals surface area (Å²) in [6.45, 7) is 2.64. The third kappa shape index (κ3) is 5.07. The first kappa shape index (κ1) is 20.7. The van der Waals surface area contributed by atoms with Gasteiger partial charge in [-0.05, 0) is 69.4 Å². The highest BCUT2D eigenvalue weighted by molar-refractivity contribution is 5.98. The predicted molar refractivity (Wildman–Crippen MR) is 115 cm³/mol. The number of benzene rings is 1. The summed E-state index contributed by atoms with van der Waals surface area (Å²) in [6.07, 6.45) is 8.52. The van der Waals surface area contributed by atoms with E-state index in [4.69, 9.17) is 5.21 Å². The molecule has 1 aliphatic heterocycles. The van der Waals surface area contributed by atoms with Gasteiger partial charge in [0.25, 0.3) is 0 Å². The zero-order valence-corrected chi connectivity index (χ0v) is 16.9. The summed E-state index contributed by atoms with van der Waals surface area (Å²) in [5.41, 5.74) is 5.11. The molecule has 1 saturated heterocycles. The Labute approximate surface area is 170 Å². The fourth-order valence-electron chi connectivity index (χ4n) is 3.39. The van der Waals surface area contributed by atoms with Crippen LogP contribution in [0.25, 0.3) is 16.7 Å². The van der Waals surface area contributed by atoms with Crippen LogP contribution in [0.4, 0.5) is 0 Å². The normalized spacial score (nSPS) is 14.9. The van der Waals surface area contributed by atoms with Crippen LogP contribution in [-0.4, -0.2) is 59.0 Å². The van der Waals surface area contributed by atoms with Crippen molar-refractivity contribution in [2.24, 2.45) is 4.99 Å². The number of hydrogen-bond donors (Lipinski definition) is 2. The maximum Gasteiger partial charge on any atom is 0.151 e. The smallest absolute Gasteiger partial charge is 0.151 e. The minimum atomic E-state index is 0.401. The van der Waals surface area contributed by atoms with Crippen LogP contribution in [0.2, 0.25) is 0 Å². The number of hydroxylamine groups is 1. The first-order valence-corrected chi connectivity index (χ1v) is 9.75. The van der Waals surface area contributed by atoms with E-state index in [9.17, 15) is 4.79 Å². The van der Waals surface area contributed by atoms with Gasteiger partial charge < -0.3 is 9.47 Å². The van der Waals surface area contributed by atoms with E-state index >= 15 is 0 Å². The Morgan fingerprint density at radius 3 is 2.45 bits per heavy atom. The maximum absolute atomic E-state index is 10.8. The van der Waals surface area contributed by atoms with Crippen LogP contribution < -0.4 is 5.48 Å². The van der Waals surface area contributed by atoms with E-state index in [1.54, 1.807) is 19.3 Å². The molecule has 4 rings (SSSR count).